The molecule has 136 valence electrons. The first kappa shape index (κ1) is 17.8. The number of anilines is 1. The predicted molar refractivity (Wildman–Crippen MR) is 116 cm³/mol. The van der Waals surface area contributed by atoms with Crippen molar-refractivity contribution in [2.75, 3.05) is 36.9 Å². The van der Waals surface area contributed by atoms with Gasteiger partial charge in [-0.2, -0.15) is 11.8 Å². The van der Waals surface area contributed by atoms with Gasteiger partial charge in [-0.25, -0.2) is 0 Å². The van der Waals surface area contributed by atoms with Crippen LogP contribution >= 0.6 is 24.0 Å². The van der Waals surface area contributed by atoms with Gasteiger partial charge in [-0.05, 0) is 41.8 Å². The number of hydrogen-bond donors (Lipinski definition) is 2. The van der Waals surface area contributed by atoms with E-state index in [1.165, 1.54) is 41.3 Å². The SMILES string of the molecule is Nc1ccc(C2NC(=S)C(CCN3CCSCC3)c3ccccc32)cc1. The second-order valence-corrected chi connectivity index (χ2v) is 8.70. The van der Waals surface area contributed by atoms with Crippen LogP contribution in [0.15, 0.2) is 48.5 Å². The number of thioether (sulfide) groups is 1. The number of nitrogens with two attached hydrogens (primary N) is 1. The molecule has 0 bridgehead atoms. The Morgan fingerprint density at radius 1 is 1.04 bits per heavy atom. The van der Waals surface area contributed by atoms with Crippen molar-refractivity contribution in [1.29, 1.82) is 0 Å². The largest absolute Gasteiger partial charge is 0.399 e. The van der Waals surface area contributed by atoms with Crippen LogP contribution in [0.4, 0.5) is 5.69 Å². The third-order valence-electron chi connectivity index (χ3n) is 5.39. The lowest BCUT2D eigenvalue weighted by molar-refractivity contribution is 0.295. The smallest absolute Gasteiger partial charge is 0.0837 e. The lowest BCUT2D eigenvalue weighted by atomic mass is 9.82. The first-order valence-corrected chi connectivity index (χ1v) is 10.8. The molecule has 0 spiro atoms. The molecule has 0 aliphatic carbocycles. The van der Waals surface area contributed by atoms with Crippen molar-refractivity contribution in [3.63, 3.8) is 0 Å². The highest BCUT2D eigenvalue weighted by atomic mass is 32.2. The highest BCUT2D eigenvalue weighted by molar-refractivity contribution is 7.99. The number of nitrogen functional groups attached to an aromatic ring is 1. The number of benzene rings is 2. The Labute approximate surface area is 165 Å². The van der Waals surface area contributed by atoms with Gasteiger partial charge in [0.25, 0.3) is 0 Å². The Hall–Kier alpha value is -1.56. The Morgan fingerprint density at radius 2 is 1.73 bits per heavy atom. The zero-order valence-corrected chi connectivity index (χ0v) is 16.5. The highest BCUT2D eigenvalue weighted by Gasteiger charge is 2.31. The minimum Gasteiger partial charge on any atom is -0.399 e. The molecule has 1 saturated heterocycles. The standard InChI is InChI=1S/C21H25N3S2/c22-16-7-5-15(6-8-16)20-18-4-2-1-3-17(18)19(21(25)23-20)9-10-24-11-13-26-14-12-24/h1-8,19-20H,9-14,22H2,(H,23,25). The summed E-state index contributed by atoms with van der Waals surface area (Å²) in [5.41, 5.74) is 10.6. The molecule has 2 aliphatic rings. The summed E-state index contributed by atoms with van der Waals surface area (Å²) < 4.78 is 0. The maximum Gasteiger partial charge on any atom is 0.0837 e. The molecule has 0 radical (unpaired) electrons. The third-order valence-corrected chi connectivity index (χ3v) is 6.74. The molecule has 1 fully saturated rings. The summed E-state index contributed by atoms with van der Waals surface area (Å²) in [6.45, 7) is 3.52. The minimum absolute atomic E-state index is 0.113. The van der Waals surface area contributed by atoms with Gasteiger partial charge in [0.15, 0.2) is 0 Å². The number of hydrogen-bond acceptors (Lipinski definition) is 4. The van der Waals surface area contributed by atoms with Crippen LogP contribution < -0.4 is 11.1 Å². The van der Waals surface area contributed by atoms with Crippen LogP contribution in [0.1, 0.15) is 35.1 Å². The van der Waals surface area contributed by atoms with Gasteiger partial charge < -0.3 is 16.0 Å². The van der Waals surface area contributed by atoms with Gasteiger partial charge in [0, 0.05) is 36.2 Å². The summed E-state index contributed by atoms with van der Waals surface area (Å²) in [7, 11) is 0. The maximum absolute atomic E-state index is 5.86. The zero-order chi connectivity index (χ0) is 17.9. The van der Waals surface area contributed by atoms with Crippen molar-refractivity contribution in [2.45, 2.75) is 18.4 Å². The summed E-state index contributed by atoms with van der Waals surface area (Å²) in [5, 5.41) is 3.61. The third kappa shape index (κ3) is 3.75. The summed E-state index contributed by atoms with van der Waals surface area (Å²) in [4.78, 5) is 3.55. The van der Waals surface area contributed by atoms with Gasteiger partial charge in [0.2, 0.25) is 0 Å². The fraction of sp³-hybridized carbons (Fsp3) is 0.381. The summed E-state index contributed by atoms with van der Waals surface area (Å²) in [6, 6.07) is 17.0. The molecule has 2 unspecified atom stereocenters. The van der Waals surface area contributed by atoms with Crippen LogP contribution in [0.3, 0.4) is 0 Å². The fourth-order valence-electron chi connectivity index (χ4n) is 3.93. The molecule has 2 heterocycles. The lowest BCUT2D eigenvalue weighted by Crippen LogP contribution is -2.40. The fourth-order valence-corrected chi connectivity index (χ4v) is 5.27. The molecular weight excluding hydrogens is 358 g/mol. The molecule has 0 aromatic heterocycles. The van der Waals surface area contributed by atoms with Gasteiger partial charge >= 0.3 is 0 Å². The van der Waals surface area contributed by atoms with Crippen LogP contribution in [-0.2, 0) is 0 Å². The van der Waals surface area contributed by atoms with Crippen molar-refractivity contribution in [3.05, 3.63) is 65.2 Å². The van der Waals surface area contributed by atoms with E-state index in [2.05, 4.69) is 58.4 Å². The van der Waals surface area contributed by atoms with Crippen LogP contribution in [0.5, 0.6) is 0 Å². The van der Waals surface area contributed by atoms with E-state index in [1.54, 1.807) is 0 Å². The molecule has 0 saturated carbocycles. The number of thiocarbonyl (C=S) groups is 1. The van der Waals surface area contributed by atoms with Gasteiger partial charge in [-0.15, -0.1) is 0 Å². The molecule has 2 aromatic carbocycles. The van der Waals surface area contributed by atoms with E-state index in [4.69, 9.17) is 18.0 Å². The van der Waals surface area contributed by atoms with E-state index in [0.29, 0.717) is 5.92 Å². The Kier molecular flexibility index (Phi) is 5.48. The van der Waals surface area contributed by atoms with Crippen molar-refractivity contribution in [3.8, 4) is 0 Å². The van der Waals surface area contributed by atoms with Gasteiger partial charge in [-0.3, -0.25) is 0 Å². The van der Waals surface area contributed by atoms with E-state index >= 15 is 0 Å². The Bertz CT molecular complexity index is 769. The topological polar surface area (TPSA) is 41.3 Å². The van der Waals surface area contributed by atoms with E-state index in [9.17, 15) is 0 Å². The van der Waals surface area contributed by atoms with Crippen LogP contribution in [-0.4, -0.2) is 41.0 Å². The second-order valence-electron chi connectivity index (χ2n) is 7.03. The average molecular weight is 384 g/mol. The van der Waals surface area contributed by atoms with Crippen molar-refractivity contribution < 1.29 is 0 Å². The summed E-state index contributed by atoms with van der Waals surface area (Å²) in [5.74, 6) is 2.81. The van der Waals surface area contributed by atoms with Crippen LogP contribution in [0, 0.1) is 0 Å². The molecule has 2 aromatic rings. The molecule has 4 rings (SSSR count). The van der Waals surface area contributed by atoms with Crippen LogP contribution in [0.2, 0.25) is 0 Å². The first-order valence-electron chi connectivity index (χ1n) is 9.27. The van der Waals surface area contributed by atoms with Gasteiger partial charge in [-0.1, -0.05) is 48.6 Å². The quantitative estimate of drug-likeness (QED) is 0.621. The molecule has 3 nitrogen and oxygen atoms in total. The Balaban J connectivity index is 1.57. The van der Waals surface area contributed by atoms with Crippen molar-refractivity contribution in [1.82, 2.24) is 10.2 Å². The number of fused-ring (bicyclic) bond motifs is 1. The minimum atomic E-state index is 0.113. The van der Waals surface area contributed by atoms with E-state index in [0.717, 1.165) is 23.6 Å². The van der Waals surface area contributed by atoms with Crippen molar-refractivity contribution >= 4 is 34.7 Å². The maximum atomic E-state index is 5.86. The molecule has 26 heavy (non-hydrogen) atoms. The monoisotopic (exact) mass is 383 g/mol. The average Bonchev–Trinajstić information content (AvgIpc) is 2.68. The lowest BCUT2D eigenvalue weighted by Gasteiger charge is -2.36. The molecule has 2 aliphatic heterocycles. The zero-order valence-electron chi connectivity index (χ0n) is 14.9. The number of nitrogens with zero attached hydrogens (tertiary/aromatic N) is 1. The molecule has 3 N–H and O–H groups in total. The second kappa shape index (κ2) is 7.99. The highest BCUT2D eigenvalue weighted by Crippen LogP contribution is 2.37. The molecule has 0 amide bonds. The molecular formula is C21H25N3S2. The van der Waals surface area contributed by atoms with E-state index in [-0.39, 0.29) is 6.04 Å². The normalized spacial score (nSPS) is 23.3. The summed E-state index contributed by atoms with van der Waals surface area (Å²) in [6.07, 6.45) is 1.09. The van der Waals surface area contributed by atoms with Gasteiger partial charge in [0.1, 0.15) is 0 Å². The van der Waals surface area contributed by atoms with Gasteiger partial charge in [0.05, 0.1) is 11.0 Å². The predicted octanol–water partition coefficient (Wildman–Crippen LogP) is 3.81. The van der Waals surface area contributed by atoms with Crippen molar-refractivity contribution in [2.24, 2.45) is 0 Å². The number of rotatable bonds is 4. The van der Waals surface area contributed by atoms with E-state index < -0.39 is 0 Å². The molecule has 2 atom stereocenters. The molecule has 5 heteroatoms. The first-order chi connectivity index (χ1) is 12.7. The Morgan fingerprint density at radius 3 is 2.46 bits per heavy atom. The summed E-state index contributed by atoms with van der Waals surface area (Å²) >= 11 is 7.87. The number of nitrogens with one attached hydrogen (secondary N) is 1. The van der Waals surface area contributed by atoms with Crippen LogP contribution in [0.25, 0.3) is 0 Å². The van der Waals surface area contributed by atoms with E-state index in [1.807, 2.05) is 12.1 Å².